The molecule has 0 spiro atoms. The average molecular weight is 265 g/mol. The summed E-state index contributed by atoms with van der Waals surface area (Å²) in [5, 5.41) is 5.90. The third-order valence-electron chi connectivity index (χ3n) is 3.47. The fourth-order valence-corrected chi connectivity index (χ4v) is 2.34. The number of hydrogen-bond acceptors (Lipinski definition) is 2. The molecule has 0 atom stereocenters. The van der Waals surface area contributed by atoms with Crippen molar-refractivity contribution in [2.24, 2.45) is 0 Å². The van der Waals surface area contributed by atoms with E-state index in [0.717, 1.165) is 18.2 Å². The summed E-state index contributed by atoms with van der Waals surface area (Å²) < 4.78 is 2.17. The molecule has 1 N–H and O–H groups in total. The van der Waals surface area contributed by atoms with Crippen LogP contribution < -0.4 is 5.32 Å². The molecule has 3 aromatic rings. The van der Waals surface area contributed by atoms with E-state index in [1.54, 1.807) is 0 Å². The van der Waals surface area contributed by atoms with Crippen LogP contribution in [0.2, 0.25) is 0 Å². The van der Waals surface area contributed by atoms with Crippen molar-refractivity contribution in [2.45, 2.75) is 26.3 Å². The second kappa shape index (κ2) is 5.78. The number of anilines is 2. The lowest BCUT2D eigenvalue weighted by atomic mass is 10.1. The minimum Gasteiger partial charge on any atom is -0.326 e. The van der Waals surface area contributed by atoms with E-state index < -0.39 is 0 Å². The molecule has 0 aliphatic rings. The van der Waals surface area contributed by atoms with Crippen molar-refractivity contribution >= 4 is 22.4 Å². The van der Waals surface area contributed by atoms with E-state index in [9.17, 15) is 0 Å². The smallest absolute Gasteiger partial charge is 0.207 e. The van der Waals surface area contributed by atoms with Crippen LogP contribution >= 0.6 is 0 Å². The summed E-state index contributed by atoms with van der Waals surface area (Å²) >= 11 is 0. The average Bonchev–Trinajstić information content (AvgIpc) is 2.92. The van der Waals surface area contributed by atoms with E-state index in [4.69, 9.17) is 0 Å². The first kappa shape index (κ1) is 12.7. The van der Waals surface area contributed by atoms with Gasteiger partial charge in [0.05, 0.1) is 0 Å². The van der Waals surface area contributed by atoms with E-state index in [1.165, 1.54) is 23.6 Å². The quantitative estimate of drug-likeness (QED) is 0.731. The summed E-state index contributed by atoms with van der Waals surface area (Å²) in [6.07, 6.45) is 6.23. The largest absolute Gasteiger partial charge is 0.326 e. The molecule has 0 bridgehead atoms. The molecular weight excluding hydrogens is 246 g/mol. The molecule has 0 fully saturated rings. The fourth-order valence-electron chi connectivity index (χ4n) is 2.34. The number of fused-ring (bicyclic) bond motifs is 1. The van der Waals surface area contributed by atoms with Crippen molar-refractivity contribution < 1.29 is 0 Å². The highest BCUT2D eigenvalue weighted by molar-refractivity contribution is 5.86. The van der Waals surface area contributed by atoms with Gasteiger partial charge in [-0.15, -0.1) is 0 Å². The Morgan fingerprint density at radius 3 is 2.80 bits per heavy atom. The van der Waals surface area contributed by atoms with Gasteiger partial charge in [0.25, 0.3) is 0 Å². The van der Waals surface area contributed by atoms with E-state index in [1.807, 2.05) is 12.4 Å². The molecule has 3 heteroatoms. The summed E-state index contributed by atoms with van der Waals surface area (Å²) in [4.78, 5) is 4.40. The molecule has 0 aliphatic carbocycles. The Morgan fingerprint density at radius 1 is 1.10 bits per heavy atom. The molecule has 3 rings (SSSR count). The molecule has 0 radical (unpaired) electrons. The number of aryl methyl sites for hydroxylation is 1. The predicted molar refractivity (Wildman–Crippen MR) is 84.4 cm³/mol. The maximum absolute atomic E-state index is 4.40. The topological polar surface area (TPSA) is 29.9 Å². The van der Waals surface area contributed by atoms with Gasteiger partial charge in [0.15, 0.2) is 0 Å². The lowest BCUT2D eigenvalue weighted by Gasteiger charge is -2.10. The zero-order valence-corrected chi connectivity index (χ0v) is 11.7. The van der Waals surface area contributed by atoms with E-state index in [-0.39, 0.29) is 0 Å². The highest BCUT2D eigenvalue weighted by Crippen LogP contribution is 2.21. The SMILES string of the molecule is CCCCn1ccnc1Nc1ccc2ccccc2c1. The van der Waals surface area contributed by atoms with E-state index in [0.29, 0.717) is 0 Å². The van der Waals surface area contributed by atoms with Crippen molar-refractivity contribution in [1.29, 1.82) is 0 Å². The van der Waals surface area contributed by atoms with Crippen LogP contribution in [0.1, 0.15) is 19.8 Å². The van der Waals surface area contributed by atoms with Gasteiger partial charge in [0.1, 0.15) is 0 Å². The van der Waals surface area contributed by atoms with Gasteiger partial charge < -0.3 is 9.88 Å². The third-order valence-corrected chi connectivity index (χ3v) is 3.47. The normalized spacial score (nSPS) is 10.8. The minimum absolute atomic E-state index is 0.911. The Hall–Kier alpha value is -2.29. The van der Waals surface area contributed by atoms with Crippen molar-refractivity contribution in [2.75, 3.05) is 5.32 Å². The van der Waals surface area contributed by atoms with Crippen LogP contribution in [0, 0.1) is 0 Å². The molecule has 0 unspecified atom stereocenters. The van der Waals surface area contributed by atoms with Crippen LogP contribution in [0.5, 0.6) is 0 Å². The number of nitrogens with zero attached hydrogens (tertiary/aromatic N) is 2. The van der Waals surface area contributed by atoms with E-state index in [2.05, 4.69) is 64.3 Å². The molecule has 0 amide bonds. The van der Waals surface area contributed by atoms with Crippen LogP contribution in [0.3, 0.4) is 0 Å². The first-order valence-electron chi connectivity index (χ1n) is 7.14. The summed E-state index contributed by atoms with van der Waals surface area (Å²) in [5.41, 5.74) is 1.08. The van der Waals surface area contributed by atoms with Crippen molar-refractivity contribution in [1.82, 2.24) is 9.55 Å². The highest BCUT2D eigenvalue weighted by Gasteiger charge is 2.03. The zero-order chi connectivity index (χ0) is 13.8. The molecular formula is C17H19N3. The number of imidazole rings is 1. The van der Waals surface area contributed by atoms with Crippen molar-refractivity contribution in [3.63, 3.8) is 0 Å². The summed E-state index contributed by atoms with van der Waals surface area (Å²) in [6.45, 7) is 3.21. The van der Waals surface area contributed by atoms with Gasteiger partial charge in [-0.25, -0.2) is 4.98 Å². The Kier molecular flexibility index (Phi) is 3.68. The molecule has 102 valence electrons. The number of aromatic nitrogens is 2. The van der Waals surface area contributed by atoms with Crippen LogP contribution in [-0.2, 0) is 6.54 Å². The molecule has 20 heavy (non-hydrogen) atoms. The van der Waals surface area contributed by atoms with Crippen LogP contribution in [0.4, 0.5) is 11.6 Å². The number of hydrogen-bond donors (Lipinski definition) is 1. The van der Waals surface area contributed by atoms with Gasteiger partial charge in [0, 0.05) is 24.6 Å². The number of rotatable bonds is 5. The molecule has 0 saturated carbocycles. The zero-order valence-electron chi connectivity index (χ0n) is 11.7. The molecule has 1 aromatic heterocycles. The van der Waals surface area contributed by atoms with Gasteiger partial charge in [0.2, 0.25) is 5.95 Å². The maximum Gasteiger partial charge on any atom is 0.207 e. The van der Waals surface area contributed by atoms with Gasteiger partial charge in [-0.3, -0.25) is 0 Å². The van der Waals surface area contributed by atoms with Gasteiger partial charge in [-0.2, -0.15) is 0 Å². The summed E-state index contributed by atoms with van der Waals surface area (Å²) in [6, 6.07) is 14.8. The monoisotopic (exact) mass is 265 g/mol. The van der Waals surface area contributed by atoms with E-state index >= 15 is 0 Å². The minimum atomic E-state index is 0.911. The van der Waals surface area contributed by atoms with Crippen molar-refractivity contribution in [3.05, 3.63) is 54.9 Å². The third kappa shape index (κ3) is 2.67. The molecule has 2 aromatic carbocycles. The van der Waals surface area contributed by atoms with Crippen LogP contribution in [0.25, 0.3) is 10.8 Å². The lowest BCUT2D eigenvalue weighted by molar-refractivity contribution is 0.638. The maximum atomic E-state index is 4.40. The standard InChI is InChI=1S/C17H19N3/c1-2-3-11-20-12-10-18-17(20)19-16-9-8-14-6-4-5-7-15(14)13-16/h4-10,12-13H,2-3,11H2,1H3,(H,18,19). The second-order valence-electron chi connectivity index (χ2n) is 4.98. The Balaban J connectivity index is 1.84. The van der Waals surface area contributed by atoms with Crippen molar-refractivity contribution in [3.8, 4) is 0 Å². The highest BCUT2D eigenvalue weighted by atomic mass is 15.2. The molecule has 0 aliphatic heterocycles. The fraction of sp³-hybridized carbons (Fsp3) is 0.235. The Bertz CT molecular complexity index is 700. The van der Waals surface area contributed by atoms with Gasteiger partial charge in [-0.1, -0.05) is 43.7 Å². The number of unbranched alkanes of at least 4 members (excludes halogenated alkanes) is 1. The van der Waals surface area contributed by atoms with Gasteiger partial charge >= 0.3 is 0 Å². The number of benzene rings is 2. The van der Waals surface area contributed by atoms with Gasteiger partial charge in [-0.05, 0) is 29.3 Å². The number of nitrogens with one attached hydrogen (secondary N) is 1. The molecule has 0 saturated heterocycles. The Labute approximate surface area is 119 Å². The first-order chi connectivity index (χ1) is 9.86. The second-order valence-corrected chi connectivity index (χ2v) is 4.98. The first-order valence-corrected chi connectivity index (χ1v) is 7.14. The van der Waals surface area contributed by atoms with Crippen LogP contribution in [0.15, 0.2) is 54.9 Å². The molecule has 1 heterocycles. The molecule has 3 nitrogen and oxygen atoms in total. The van der Waals surface area contributed by atoms with Crippen LogP contribution in [-0.4, -0.2) is 9.55 Å². The summed E-state index contributed by atoms with van der Waals surface area (Å²) in [5.74, 6) is 0.911. The predicted octanol–water partition coefficient (Wildman–Crippen LogP) is 4.58. The summed E-state index contributed by atoms with van der Waals surface area (Å²) in [7, 11) is 0. The Morgan fingerprint density at radius 2 is 1.95 bits per heavy atom. The lowest BCUT2D eigenvalue weighted by Crippen LogP contribution is -2.03.